The minimum Gasteiger partial charge on any atom is -0.393 e. The Kier molecular flexibility index (Phi) is 2.37. The molecule has 0 aromatic rings. The zero-order valence-corrected chi connectivity index (χ0v) is 7.87. The van der Waals surface area contributed by atoms with Crippen LogP contribution in [-0.4, -0.2) is 34.7 Å². The monoisotopic (exact) mass is 169 g/mol. The second-order valence-corrected chi connectivity index (χ2v) is 4.25. The van der Waals surface area contributed by atoms with Crippen LogP contribution in [0.3, 0.4) is 0 Å². The van der Waals surface area contributed by atoms with Crippen LogP contribution in [0.1, 0.15) is 39.0 Å². The van der Waals surface area contributed by atoms with Crippen LogP contribution >= 0.6 is 0 Å². The molecule has 2 saturated heterocycles. The molecular formula is C10H19NO. The Morgan fingerprint density at radius 2 is 1.83 bits per heavy atom. The van der Waals surface area contributed by atoms with E-state index in [1.54, 1.807) is 0 Å². The standard InChI is InChI=1S/C10H19NO/c1-2-5-11-8-3-4-9(11)7-10(12)6-8/h8-10,12H,2-7H2,1H3/t8-,9-/m0/s1. The van der Waals surface area contributed by atoms with Gasteiger partial charge in [0.15, 0.2) is 0 Å². The molecule has 0 aromatic carbocycles. The Morgan fingerprint density at radius 3 is 2.33 bits per heavy atom. The van der Waals surface area contributed by atoms with Gasteiger partial charge in [-0.25, -0.2) is 0 Å². The first kappa shape index (κ1) is 8.52. The highest BCUT2D eigenvalue weighted by atomic mass is 16.3. The Labute approximate surface area is 74.6 Å². The number of hydrogen-bond donors (Lipinski definition) is 1. The minimum absolute atomic E-state index is 0.00407. The molecule has 0 amide bonds. The quantitative estimate of drug-likeness (QED) is 0.675. The molecule has 0 radical (unpaired) electrons. The molecule has 12 heavy (non-hydrogen) atoms. The van der Waals surface area contributed by atoms with E-state index in [2.05, 4.69) is 11.8 Å². The van der Waals surface area contributed by atoms with Crippen molar-refractivity contribution in [2.24, 2.45) is 0 Å². The maximum atomic E-state index is 9.55. The summed E-state index contributed by atoms with van der Waals surface area (Å²) in [6, 6.07) is 1.41. The summed E-state index contributed by atoms with van der Waals surface area (Å²) in [6.07, 6.45) is 5.94. The fourth-order valence-electron chi connectivity index (χ4n) is 2.87. The first-order chi connectivity index (χ1) is 5.81. The van der Waals surface area contributed by atoms with Gasteiger partial charge in [0, 0.05) is 12.1 Å². The van der Waals surface area contributed by atoms with Crippen molar-refractivity contribution >= 4 is 0 Å². The molecular weight excluding hydrogens is 150 g/mol. The van der Waals surface area contributed by atoms with Crippen molar-refractivity contribution in [3.05, 3.63) is 0 Å². The highest BCUT2D eigenvalue weighted by Gasteiger charge is 2.39. The lowest BCUT2D eigenvalue weighted by molar-refractivity contribution is 0.0356. The third kappa shape index (κ3) is 1.38. The van der Waals surface area contributed by atoms with Crippen molar-refractivity contribution in [1.82, 2.24) is 4.90 Å². The van der Waals surface area contributed by atoms with Gasteiger partial charge in [0.1, 0.15) is 0 Å². The topological polar surface area (TPSA) is 23.5 Å². The van der Waals surface area contributed by atoms with Crippen LogP contribution in [0.5, 0.6) is 0 Å². The van der Waals surface area contributed by atoms with Gasteiger partial charge >= 0.3 is 0 Å². The van der Waals surface area contributed by atoms with Crippen molar-refractivity contribution in [3.63, 3.8) is 0 Å². The normalized spacial score (nSPS) is 42.0. The molecule has 0 aliphatic carbocycles. The number of rotatable bonds is 2. The van der Waals surface area contributed by atoms with E-state index in [1.165, 1.54) is 25.8 Å². The number of piperidine rings is 1. The third-order valence-electron chi connectivity index (χ3n) is 3.34. The van der Waals surface area contributed by atoms with Gasteiger partial charge in [-0.2, -0.15) is 0 Å². The van der Waals surface area contributed by atoms with E-state index in [-0.39, 0.29) is 6.10 Å². The van der Waals surface area contributed by atoms with E-state index in [0.29, 0.717) is 12.1 Å². The van der Waals surface area contributed by atoms with Gasteiger partial charge in [0.05, 0.1) is 6.10 Å². The van der Waals surface area contributed by atoms with Crippen LogP contribution in [0.25, 0.3) is 0 Å². The van der Waals surface area contributed by atoms with Gasteiger partial charge in [-0.3, -0.25) is 4.90 Å². The maximum absolute atomic E-state index is 9.55. The van der Waals surface area contributed by atoms with Crippen LogP contribution in [0.4, 0.5) is 0 Å². The molecule has 2 atom stereocenters. The summed E-state index contributed by atoms with van der Waals surface area (Å²) < 4.78 is 0. The second kappa shape index (κ2) is 3.35. The van der Waals surface area contributed by atoms with Gasteiger partial charge in [-0.1, -0.05) is 6.92 Å². The summed E-state index contributed by atoms with van der Waals surface area (Å²) in [5, 5.41) is 9.55. The molecule has 1 N–H and O–H groups in total. The fourth-order valence-corrected chi connectivity index (χ4v) is 2.87. The van der Waals surface area contributed by atoms with E-state index in [1.807, 2.05) is 0 Å². The van der Waals surface area contributed by atoms with Crippen molar-refractivity contribution in [2.45, 2.75) is 57.2 Å². The average Bonchev–Trinajstić information content (AvgIpc) is 2.32. The van der Waals surface area contributed by atoms with E-state index < -0.39 is 0 Å². The first-order valence-corrected chi connectivity index (χ1v) is 5.25. The Bertz CT molecular complexity index is 146. The molecule has 0 aromatic heterocycles. The molecule has 2 nitrogen and oxygen atoms in total. The van der Waals surface area contributed by atoms with Crippen molar-refractivity contribution in [1.29, 1.82) is 0 Å². The molecule has 2 aliphatic heterocycles. The lowest BCUT2D eigenvalue weighted by atomic mass is 10.00. The Hall–Kier alpha value is -0.0800. The molecule has 0 spiro atoms. The SMILES string of the molecule is CCCN1[C@H]2CC[C@H]1CC(O)C2. The molecule has 2 fully saturated rings. The lowest BCUT2D eigenvalue weighted by Crippen LogP contribution is -2.44. The lowest BCUT2D eigenvalue weighted by Gasteiger charge is -2.36. The summed E-state index contributed by atoms with van der Waals surface area (Å²) in [4.78, 5) is 2.62. The van der Waals surface area contributed by atoms with E-state index in [4.69, 9.17) is 0 Å². The fraction of sp³-hybridized carbons (Fsp3) is 1.00. The van der Waals surface area contributed by atoms with Crippen LogP contribution < -0.4 is 0 Å². The molecule has 2 rings (SSSR count). The van der Waals surface area contributed by atoms with Crippen LogP contribution in [-0.2, 0) is 0 Å². The van der Waals surface area contributed by atoms with Crippen LogP contribution in [0, 0.1) is 0 Å². The van der Waals surface area contributed by atoms with Crippen molar-refractivity contribution in [3.8, 4) is 0 Å². The number of aliphatic hydroxyl groups excluding tert-OH is 1. The highest BCUT2D eigenvalue weighted by molar-refractivity contribution is 4.94. The van der Waals surface area contributed by atoms with Crippen molar-refractivity contribution in [2.75, 3.05) is 6.54 Å². The zero-order valence-electron chi connectivity index (χ0n) is 7.87. The van der Waals surface area contributed by atoms with Gasteiger partial charge in [0.25, 0.3) is 0 Å². The van der Waals surface area contributed by atoms with Crippen LogP contribution in [0.15, 0.2) is 0 Å². The Morgan fingerprint density at radius 1 is 1.25 bits per heavy atom. The maximum Gasteiger partial charge on any atom is 0.0570 e. The van der Waals surface area contributed by atoms with E-state index in [0.717, 1.165) is 12.8 Å². The predicted molar refractivity (Wildman–Crippen MR) is 49.0 cm³/mol. The number of aliphatic hydroxyl groups is 1. The highest BCUT2D eigenvalue weighted by Crippen LogP contribution is 2.35. The largest absolute Gasteiger partial charge is 0.393 e. The summed E-state index contributed by atoms with van der Waals surface area (Å²) in [5.41, 5.74) is 0. The van der Waals surface area contributed by atoms with Crippen molar-refractivity contribution < 1.29 is 5.11 Å². The Balaban J connectivity index is 1.99. The van der Waals surface area contributed by atoms with Crippen LogP contribution in [0.2, 0.25) is 0 Å². The summed E-state index contributed by atoms with van der Waals surface area (Å²) in [7, 11) is 0. The average molecular weight is 169 g/mol. The first-order valence-electron chi connectivity index (χ1n) is 5.25. The summed E-state index contributed by atoms with van der Waals surface area (Å²) in [5.74, 6) is 0. The smallest absolute Gasteiger partial charge is 0.0570 e. The van der Waals surface area contributed by atoms with Gasteiger partial charge in [-0.05, 0) is 38.6 Å². The molecule has 2 bridgehead atoms. The molecule has 2 aliphatic rings. The molecule has 2 heterocycles. The number of fused-ring (bicyclic) bond motifs is 2. The van der Waals surface area contributed by atoms with Gasteiger partial charge < -0.3 is 5.11 Å². The molecule has 0 unspecified atom stereocenters. The molecule has 2 heteroatoms. The second-order valence-electron chi connectivity index (χ2n) is 4.25. The van der Waals surface area contributed by atoms with E-state index in [9.17, 15) is 5.11 Å². The zero-order chi connectivity index (χ0) is 8.55. The number of nitrogens with zero attached hydrogens (tertiary/aromatic N) is 1. The predicted octanol–water partition coefficient (Wildman–Crippen LogP) is 1.38. The molecule has 0 saturated carbocycles. The minimum atomic E-state index is -0.00407. The molecule has 70 valence electrons. The summed E-state index contributed by atoms with van der Waals surface area (Å²) >= 11 is 0. The van der Waals surface area contributed by atoms with Gasteiger partial charge in [0.2, 0.25) is 0 Å². The number of hydrogen-bond acceptors (Lipinski definition) is 2. The van der Waals surface area contributed by atoms with E-state index >= 15 is 0 Å². The third-order valence-corrected chi connectivity index (χ3v) is 3.34. The van der Waals surface area contributed by atoms with Gasteiger partial charge in [-0.15, -0.1) is 0 Å². The summed E-state index contributed by atoms with van der Waals surface area (Å²) in [6.45, 7) is 3.48.